The fourth-order valence-corrected chi connectivity index (χ4v) is 3.26. The lowest BCUT2D eigenvalue weighted by atomic mass is 10.1. The Kier molecular flexibility index (Phi) is 4.52. The van der Waals surface area contributed by atoms with Gasteiger partial charge in [-0.15, -0.1) is 0 Å². The van der Waals surface area contributed by atoms with Gasteiger partial charge in [0.05, 0.1) is 18.0 Å². The van der Waals surface area contributed by atoms with E-state index in [1.165, 1.54) is 4.52 Å². The van der Waals surface area contributed by atoms with Crippen molar-refractivity contribution in [3.8, 4) is 17.0 Å². The van der Waals surface area contributed by atoms with Crippen molar-refractivity contribution in [2.45, 2.75) is 32.7 Å². The van der Waals surface area contributed by atoms with Crippen LogP contribution < -0.4 is 4.74 Å². The summed E-state index contributed by atoms with van der Waals surface area (Å²) >= 11 is 0. The summed E-state index contributed by atoms with van der Waals surface area (Å²) in [5.41, 5.74) is 2.30. The zero-order valence-electron chi connectivity index (χ0n) is 15.9. The number of aromatic carboxylic acids is 1. The van der Waals surface area contributed by atoms with Crippen LogP contribution in [0.3, 0.4) is 0 Å². The summed E-state index contributed by atoms with van der Waals surface area (Å²) in [7, 11) is 0. The van der Waals surface area contributed by atoms with E-state index in [9.17, 15) is 9.90 Å². The number of carboxylic acids is 1. The van der Waals surface area contributed by atoms with Crippen molar-refractivity contribution in [2.24, 2.45) is 0 Å². The minimum Gasteiger partial charge on any atom is -0.490 e. The molecule has 28 heavy (non-hydrogen) atoms. The first kappa shape index (κ1) is 18.4. The van der Waals surface area contributed by atoms with Gasteiger partial charge in [0.2, 0.25) is 0 Å². The molecule has 0 unspecified atom stereocenters. The zero-order valence-corrected chi connectivity index (χ0v) is 15.9. The van der Waals surface area contributed by atoms with E-state index in [1.54, 1.807) is 19.1 Å². The highest BCUT2D eigenvalue weighted by Crippen LogP contribution is 2.30. The summed E-state index contributed by atoms with van der Waals surface area (Å²) in [5.74, 6) is -1.04. The summed E-state index contributed by atoms with van der Waals surface area (Å²) in [6.45, 7) is 6.20. The molecule has 2 aromatic heterocycles. The molecule has 8 nitrogen and oxygen atoms in total. The third-order valence-electron chi connectivity index (χ3n) is 4.51. The first-order valence-electron chi connectivity index (χ1n) is 8.98. The van der Waals surface area contributed by atoms with Gasteiger partial charge in [-0.1, -0.05) is 12.1 Å². The predicted molar refractivity (Wildman–Crippen MR) is 101 cm³/mol. The molecule has 3 heterocycles. The van der Waals surface area contributed by atoms with Crippen molar-refractivity contribution in [3.63, 3.8) is 0 Å². The zero-order chi connectivity index (χ0) is 19.9. The second-order valence-corrected chi connectivity index (χ2v) is 7.10. The van der Waals surface area contributed by atoms with Crippen LogP contribution in [0.4, 0.5) is 0 Å². The number of aromatic nitrogens is 3. The maximum atomic E-state index is 11.6. The number of para-hydroxylation sites is 1. The van der Waals surface area contributed by atoms with Crippen LogP contribution in [0.25, 0.3) is 16.9 Å². The molecule has 1 atom stereocenters. The van der Waals surface area contributed by atoms with Gasteiger partial charge in [-0.05, 0) is 45.0 Å². The summed E-state index contributed by atoms with van der Waals surface area (Å²) < 4.78 is 18.7. The predicted octanol–water partition coefficient (Wildman–Crippen LogP) is 2.93. The fourth-order valence-electron chi connectivity index (χ4n) is 3.26. The van der Waals surface area contributed by atoms with Gasteiger partial charge in [0.25, 0.3) is 0 Å². The number of ether oxygens (including phenoxy) is 3. The molecule has 1 saturated heterocycles. The molecule has 1 aliphatic rings. The molecule has 146 valence electrons. The molecule has 0 saturated carbocycles. The molecule has 0 spiro atoms. The maximum absolute atomic E-state index is 11.6. The van der Waals surface area contributed by atoms with Gasteiger partial charge in [0, 0.05) is 5.56 Å². The highest BCUT2D eigenvalue weighted by Gasteiger charge is 2.33. The molecule has 1 aliphatic heterocycles. The standard InChI is InChI=1S/C20H21N3O5/c1-12-18(19(24)25)23-17(21-12)9-8-15(22-23)14-6-4-5-7-16(14)26-10-13-11-27-20(2,3)28-13/h4-9,13H,10-11H2,1-3H3,(H,24,25)/t13-/m1/s1. The molecule has 0 aliphatic carbocycles. The SMILES string of the molecule is Cc1nc2ccc(-c3ccccc3OC[C@@H]3COC(C)(C)O3)nn2c1C(=O)O. The van der Waals surface area contributed by atoms with Crippen molar-refractivity contribution < 1.29 is 24.1 Å². The highest BCUT2D eigenvalue weighted by molar-refractivity contribution is 5.88. The van der Waals surface area contributed by atoms with E-state index >= 15 is 0 Å². The lowest BCUT2D eigenvalue weighted by molar-refractivity contribution is -0.141. The van der Waals surface area contributed by atoms with Crippen LogP contribution in [-0.2, 0) is 9.47 Å². The summed E-state index contributed by atoms with van der Waals surface area (Å²) in [4.78, 5) is 15.8. The Balaban J connectivity index is 1.64. The number of nitrogens with zero attached hydrogens (tertiary/aromatic N) is 3. The van der Waals surface area contributed by atoms with Crippen molar-refractivity contribution in [2.75, 3.05) is 13.2 Å². The van der Waals surface area contributed by atoms with Crippen molar-refractivity contribution in [3.05, 3.63) is 47.8 Å². The number of carbonyl (C=O) groups is 1. The van der Waals surface area contributed by atoms with Gasteiger partial charge in [-0.2, -0.15) is 5.10 Å². The van der Waals surface area contributed by atoms with Crippen molar-refractivity contribution in [1.82, 2.24) is 14.6 Å². The number of hydrogen-bond donors (Lipinski definition) is 1. The summed E-state index contributed by atoms with van der Waals surface area (Å²) in [5, 5.41) is 14.0. The number of hydrogen-bond acceptors (Lipinski definition) is 6. The molecule has 1 N–H and O–H groups in total. The van der Waals surface area contributed by atoms with Crippen LogP contribution in [-0.4, -0.2) is 50.8 Å². The Morgan fingerprint density at radius 2 is 2.11 bits per heavy atom. The lowest BCUT2D eigenvalue weighted by Gasteiger charge is -2.18. The molecule has 3 aromatic rings. The monoisotopic (exact) mass is 383 g/mol. The van der Waals surface area contributed by atoms with E-state index in [4.69, 9.17) is 14.2 Å². The van der Waals surface area contributed by atoms with E-state index in [2.05, 4.69) is 10.1 Å². The van der Waals surface area contributed by atoms with Gasteiger partial charge in [-0.3, -0.25) is 0 Å². The summed E-state index contributed by atoms with van der Waals surface area (Å²) in [6.07, 6.45) is -0.159. The third kappa shape index (κ3) is 3.44. The van der Waals surface area contributed by atoms with Crippen LogP contribution in [0.5, 0.6) is 5.75 Å². The van der Waals surface area contributed by atoms with Crippen molar-refractivity contribution in [1.29, 1.82) is 0 Å². The Morgan fingerprint density at radius 1 is 1.32 bits per heavy atom. The molecule has 4 rings (SSSR count). The Labute approximate surface area is 161 Å². The first-order valence-corrected chi connectivity index (χ1v) is 8.98. The number of carboxylic acid groups (broad SMARTS) is 1. The van der Waals surface area contributed by atoms with Crippen molar-refractivity contribution >= 4 is 11.6 Å². The normalized spacial score (nSPS) is 18.5. The average Bonchev–Trinajstić information content (AvgIpc) is 3.17. The minimum atomic E-state index is -1.07. The highest BCUT2D eigenvalue weighted by atomic mass is 16.7. The number of fused-ring (bicyclic) bond motifs is 1. The van der Waals surface area contributed by atoms with E-state index < -0.39 is 11.8 Å². The van der Waals surface area contributed by atoms with E-state index in [0.29, 0.717) is 36.0 Å². The van der Waals surface area contributed by atoms with Gasteiger partial charge in [0.1, 0.15) is 18.5 Å². The molecular formula is C20H21N3O5. The largest absolute Gasteiger partial charge is 0.490 e. The average molecular weight is 383 g/mol. The van der Waals surface area contributed by atoms with E-state index in [-0.39, 0.29) is 11.8 Å². The fraction of sp³-hybridized carbons (Fsp3) is 0.350. The Hall–Kier alpha value is -2.97. The van der Waals surface area contributed by atoms with E-state index in [0.717, 1.165) is 5.56 Å². The second-order valence-electron chi connectivity index (χ2n) is 7.10. The van der Waals surface area contributed by atoms with Crippen LogP contribution >= 0.6 is 0 Å². The van der Waals surface area contributed by atoms with Crippen LogP contribution in [0, 0.1) is 6.92 Å². The summed E-state index contributed by atoms with van der Waals surface area (Å²) in [6, 6.07) is 11.0. The second kappa shape index (κ2) is 6.88. The number of benzene rings is 1. The number of rotatable bonds is 5. The molecule has 1 aromatic carbocycles. The minimum absolute atomic E-state index is 0.0500. The Bertz CT molecular complexity index is 1040. The van der Waals surface area contributed by atoms with Crippen LogP contribution in [0.15, 0.2) is 36.4 Å². The molecule has 8 heteroatoms. The smallest absolute Gasteiger partial charge is 0.356 e. The van der Waals surface area contributed by atoms with Gasteiger partial charge >= 0.3 is 5.97 Å². The quantitative estimate of drug-likeness (QED) is 0.724. The molecular weight excluding hydrogens is 362 g/mol. The van der Waals surface area contributed by atoms with Gasteiger partial charge in [0.15, 0.2) is 17.1 Å². The molecule has 0 amide bonds. The van der Waals surface area contributed by atoms with Crippen LogP contribution in [0.1, 0.15) is 30.0 Å². The molecule has 1 fully saturated rings. The molecule has 0 radical (unpaired) electrons. The van der Waals surface area contributed by atoms with Gasteiger partial charge in [-0.25, -0.2) is 14.3 Å². The number of imidazole rings is 1. The number of aryl methyl sites for hydroxylation is 1. The third-order valence-corrected chi connectivity index (χ3v) is 4.51. The lowest BCUT2D eigenvalue weighted by Crippen LogP contribution is -2.25. The maximum Gasteiger partial charge on any atom is 0.356 e. The first-order chi connectivity index (χ1) is 13.3. The molecule has 0 bridgehead atoms. The van der Waals surface area contributed by atoms with Gasteiger partial charge < -0.3 is 19.3 Å². The van der Waals surface area contributed by atoms with E-state index in [1.807, 2.05) is 38.1 Å². The Morgan fingerprint density at radius 3 is 2.82 bits per heavy atom. The van der Waals surface area contributed by atoms with Crippen LogP contribution in [0.2, 0.25) is 0 Å². The topological polar surface area (TPSA) is 95.2 Å².